The number of carbonyl (C=O) groups is 2. The second-order valence-electron chi connectivity index (χ2n) is 5.45. The summed E-state index contributed by atoms with van der Waals surface area (Å²) in [6.07, 6.45) is 0.890. The maximum absolute atomic E-state index is 12.4. The van der Waals surface area contributed by atoms with Gasteiger partial charge in [-0.2, -0.15) is 0 Å². The predicted octanol–water partition coefficient (Wildman–Crippen LogP) is -0.785. The zero-order chi connectivity index (χ0) is 13.2. The lowest BCUT2D eigenvalue weighted by molar-refractivity contribution is -0.143. The fourth-order valence-electron chi connectivity index (χ4n) is 2.68. The molecular formula is C12H21N3O3. The maximum atomic E-state index is 12.4. The van der Waals surface area contributed by atoms with Crippen LogP contribution in [-0.4, -0.2) is 72.6 Å². The summed E-state index contributed by atoms with van der Waals surface area (Å²) in [5.74, 6) is -0.593. The number of carbonyl (C=O) groups excluding carboxylic acids is 1. The Bertz CT molecular complexity index is 331. The third-order valence-corrected chi connectivity index (χ3v) is 3.90. The van der Waals surface area contributed by atoms with Crippen LogP contribution in [0.15, 0.2) is 0 Å². The van der Waals surface area contributed by atoms with Crippen molar-refractivity contribution in [2.45, 2.75) is 13.3 Å². The molecule has 2 N–H and O–H groups in total. The van der Waals surface area contributed by atoms with Gasteiger partial charge in [-0.15, -0.1) is 0 Å². The molecule has 2 rings (SSSR count). The second kappa shape index (κ2) is 5.24. The van der Waals surface area contributed by atoms with Crippen LogP contribution in [0.25, 0.3) is 0 Å². The van der Waals surface area contributed by atoms with Crippen LogP contribution >= 0.6 is 0 Å². The number of hydrogen-bond acceptors (Lipinski definition) is 4. The molecule has 2 aliphatic heterocycles. The molecule has 6 nitrogen and oxygen atoms in total. The molecule has 102 valence electrons. The van der Waals surface area contributed by atoms with Gasteiger partial charge in [-0.25, -0.2) is 0 Å². The second-order valence-corrected chi connectivity index (χ2v) is 5.45. The average Bonchev–Trinajstić information content (AvgIpc) is 2.77. The number of carboxylic acids is 1. The number of aliphatic carboxylic acids is 1. The van der Waals surface area contributed by atoms with Crippen molar-refractivity contribution in [3.8, 4) is 0 Å². The highest BCUT2D eigenvalue weighted by atomic mass is 16.4. The van der Waals surface area contributed by atoms with E-state index in [0.29, 0.717) is 26.2 Å². The standard InChI is InChI=1S/C12H21N3O3/c1-12(2-3-13-9-12)11(18)15-6-4-14(5-7-15)8-10(16)17/h13H,2-9H2,1H3,(H,16,17). The van der Waals surface area contributed by atoms with Crippen LogP contribution in [0.1, 0.15) is 13.3 Å². The number of amides is 1. The Kier molecular flexibility index (Phi) is 3.87. The maximum Gasteiger partial charge on any atom is 0.317 e. The Morgan fingerprint density at radius 2 is 1.94 bits per heavy atom. The van der Waals surface area contributed by atoms with E-state index in [1.807, 2.05) is 16.7 Å². The molecule has 0 aromatic carbocycles. The SMILES string of the molecule is CC1(C(=O)N2CCN(CC(=O)O)CC2)CCNC1. The van der Waals surface area contributed by atoms with E-state index in [0.717, 1.165) is 19.5 Å². The van der Waals surface area contributed by atoms with Crippen molar-refractivity contribution in [2.75, 3.05) is 45.8 Å². The van der Waals surface area contributed by atoms with Crippen LogP contribution in [0.2, 0.25) is 0 Å². The molecule has 2 saturated heterocycles. The van der Waals surface area contributed by atoms with Gasteiger partial charge in [0.2, 0.25) is 5.91 Å². The van der Waals surface area contributed by atoms with Crippen LogP contribution in [0.3, 0.4) is 0 Å². The molecule has 0 saturated carbocycles. The highest BCUT2D eigenvalue weighted by Gasteiger charge is 2.39. The summed E-state index contributed by atoms with van der Waals surface area (Å²) in [5.41, 5.74) is -0.269. The number of piperazine rings is 1. The summed E-state index contributed by atoms with van der Waals surface area (Å²) in [5, 5.41) is 12.0. The van der Waals surface area contributed by atoms with Crippen LogP contribution in [0, 0.1) is 5.41 Å². The number of carboxylic acid groups (broad SMARTS) is 1. The lowest BCUT2D eigenvalue weighted by Crippen LogP contribution is -2.53. The molecule has 0 radical (unpaired) electrons. The van der Waals surface area contributed by atoms with Crippen LogP contribution in [0.5, 0.6) is 0 Å². The molecule has 0 aromatic rings. The molecule has 1 unspecified atom stereocenters. The molecule has 0 aliphatic carbocycles. The summed E-state index contributed by atoms with van der Waals surface area (Å²) < 4.78 is 0. The number of nitrogens with zero attached hydrogens (tertiary/aromatic N) is 2. The van der Waals surface area contributed by atoms with Crippen LogP contribution in [-0.2, 0) is 9.59 Å². The zero-order valence-corrected chi connectivity index (χ0v) is 10.8. The van der Waals surface area contributed by atoms with Crippen molar-refractivity contribution in [3.05, 3.63) is 0 Å². The minimum Gasteiger partial charge on any atom is -0.480 e. The van der Waals surface area contributed by atoms with E-state index in [1.54, 1.807) is 0 Å². The van der Waals surface area contributed by atoms with Gasteiger partial charge in [0.25, 0.3) is 0 Å². The van der Waals surface area contributed by atoms with E-state index in [4.69, 9.17) is 5.11 Å². The monoisotopic (exact) mass is 255 g/mol. The molecule has 0 bridgehead atoms. The number of hydrogen-bond donors (Lipinski definition) is 2. The third kappa shape index (κ3) is 2.81. The first-order valence-corrected chi connectivity index (χ1v) is 6.45. The highest BCUT2D eigenvalue weighted by Crippen LogP contribution is 2.27. The first kappa shape index (κ1) is 13.3. The topological polar surface area (TPSA) is 72.9 Å². The zero-order valence-electron chi connectivity index (χ0n) is 10.8. The Labute approximate surface area is 107 Å². The molecule has 1 atom stereocenters. The van der Waals surface area contributed by atoms with Crippen molar-refractivity contribution in [1.29, 1.82) is 0 Å². The molecule has 0 aromatic heterocycles. The molecule has 2 fully saturated rings. The van der Waals surface area contributed by atoms with Crippen LogP contribution in [0.4, 0.5) is 0 Å². The fraction of sp³-hybridized carbons (Fsp3) is 0.833. The number of rotatable bonds is 3. The van der Waals surface area contributed by atoms with Gasteiger partial charge in [0.05, 0.1) is 12.0 Å². The Balaban J connectivity index is 1.86. The first-order chi connectivity index (χ1) is 8.51. The molecular weight excluding hydrogens is 234 g/mol. The number of nitrogens with one attached hydrogen (secondary N) is 1. The Morgan fingerprint density at radius 1 is 1.28 bits per heavy atom. The average molecular weight is 255 g/mol. The van der Waals surface area contributed by atoms with Crippen molar-refractivity contribution in [2.24, 2.45) is 5.41 Å². The first-order valence-electron chi connectivity index (χ1n) is 6.45. The van der Waals surface area contributed by atoms with E-state index in [1.165, 1.54) is 0 Å². The lowest BCUT2D eigenvalue weighted by atomic mass is 9.88. The third-order valence-electron chi connectivity index (χ3n) is 3.90. The van der Waals surface area contributed by atoms with Crippen molar-refractivity contribution < 1.29 is 14.7 Å². The normalized spacial score (nSPS) is 29.5. The van der Waals surface area contributed by atoms with Crippen molar-refractivity contribution >= 4 is 11.9 Å². The van der Waals surface area contributed by atoms with Crippen molar-refractivity contribution in [1.82, 2.24) is 15.1 Å². The Hall–Kier alpha value is -1.14. The van der Waals surface area contributed by atoms with Gasteiger partial charge in [-0.3, -0.25) is 14.5 Å². The van der Waals surface area contributed by atoms with E-state index < -0.39 is 5.97 Å². The highest BCUT2D eigenvalue weighted by molar-refractivity contribution is 5.83. The van der Waals surface area contributed by atoms with Crippen molar-refractivity contribution in [3.63, 3.8) is 0 Å². The summed E-state index contributed by atoms with van der Waals surface area (Å²) in [6.45, 7) is 6.33. The summed E-state index contributed by atoms with van der Waals surface area (Å²) in [6, 6.07) is 0. The quantitative estimate of drug-likeness (QED) is 0.692. The molecule has 2 aliphatic rings. The van der Waals surface area contributed by atoms with E-state index >= 15 is 0 Å². The van der Waals surface area contributed by atoms with E-state index in [2.05, 4.69) is 5.32 Å². The van der Waals surface area contributed by atoms with Crippen LogP contribution < -0.4 is 5.32 Å². The van der Waals surface area contributed by atoms with Gasteiger partial charge in [0, 0.05) is 32.7 Å². The summed E-state index contributed by atoms with van der Waals surface area (Å²) in [4.78, 5) is 26.8. The molecule has 6 heteroatoms. The van der Waals surface area contributed by atoms with E-state index in [9.17, 15) is 9.59 Å². The minimum absolute atomic E-state index is 0.0703. The van der Waals surface area contributed by atoms with Gasteiger partial charge >= 0.3 is 5.97 Å². The molecule has 0 spiro atoms. The summed E-state index contributed by atoms with van der Waals surface area (Å²) >= 11 is 0. The predicted molar refractivity (Wildman–Crippen MR) is 66.2 cm³/mol. The summed E-state index contributed by atoms with van der Waals surface area (Å²) in [7, 11) is 0. The van der Waals surface area contributed by atoms with Gasteiger partial charge in [-0.1, -0.05) is 0 Å². The smallest absolute Gasteiger partial charge is 0.317 e. The molecule has 18 heavy (non-hydrogen) atoms. The van der Waals surface area contributed by atoms with Gasteiger partial charge in [-0.05, 0) is 19.9 Å². The van der Waals surface area contributed by atoms with E-state index in [-0.39, 0.29) is 17.9 Å². The molecule has 1 amide bonds. The minimum atomic E-state index is -0.804. The Morgan fingerprint density at radius 3 is 2.44 bits per heavy atom. The fourth-order valence-corrected chi connectivity index (χ4v) is 2.68. The van der Waals surface area contributed by atoms with Gasteiger partial charge in [0.15, 0.2) is 0 Å². The lowest BCUT2D eigenvalue weighted by Gasteiger charge is -2.37. The van der Waals surface area contributed by atoms with Gasteiger partial charge in [0.1, 0.15) is 0 Å². The largest absolute Gasteiger partial charge is 0.480 e. The molecule has 2 heterocycles. The van der Waals surface area contributed by atoms with Gasteiger partial charge < -0.3 is 15.3 Å².